The minimum atomic E-state index is -0.240. The van der Waals surface area contributed by atoms with Crippen LogP contribution < -0.4 is 5.32 Å². The molecule has 2 aromatic heterocycles. The number of hydrogen-bond acceptors (Lipinski definition) is 4. The van der Waals surface area contributed by atoms with Gasteiger partial charge in [-0.25, -0.2) is 9.97 Å². The molecule has 0 saturated heterocycles. The van der Waals surface area contributed by atoms with Crippen LogP contribution in [0.3, 0.4) is 0 Å². The largest absolute Gasteiger partial charge is 0.303 e. The first-order chi connectivity index (χ1) is 12.2. The number of nitrogens with one attached hydrogen (secondary N) is 2. The van der Waals surface area contributed by atoms with Crippen LogP contribution in [0.25, 0.3) is 16.6 Å². The molecule has 25 heavy (non-hydrogen) atoms. The molecule has 0 radical (unpaired) electrons. The second kappa shape index (κ2) is 7.35. The summed E-state index contributed by atoms with van der Waals surface area (Å²) in [5.41, 5.74) is 2.66. The Morgan fingerprint density at radius 1 is 1.24 bits per heavy atom. The summed E-state index contributed by atoms with van der Waals surface area (Å²) in [7, 11) is 0. The Balaban J connectivity index is 1.91. The summed E-state index contributed by atoms with van der Waals surface area (Å²) in [6.45, 7) is 5.54. The monoisotopic (exact) mass is 331 g/mol. The molecular formula is C19H17N5O. The van der Waals surface area contributed by atoms with Crippen molar-refractivity contribution in [1.82, 2.24) is 20.2 Å². The summed E-state index contributed by atoms with van der Waals surface area (Å²) >= 11 is 0. The number of benzene rings is 1. The van der Waals surface area contributed by atoms with Gasteiger partial charge in [0, 0.05) is 5.56 Å². The van der Waals surface area contributed by atoms with Crippen LogP contribution in [0.1, 0.15) is 23.1 Å². The Labute approximate surface area is 145 Å². The van der Waals surface area contributed by atoms with E-state index >= 15 is 0 Å². The Hall–Kier alpha value is -3.54. The number of aromatic nitrogens is 4. The standard InChI is InChI=1S/C19H17N5O/c1-3-4-6-9-13(2)17-20-12-15-16(21-17)18(24-23-15)22-19(25)14-10-7-5-8-11-14/h3-12H,1H2,2H3,(H2,22,23,24,25)/b6-4-,13-9+. The third kappa shape index (κ3) is 3.69. The molecule has 2 N–H and O–H groups in total. The van der Waals surface area contributed by atoms with E-state index in [0.717, 1.165) is 5.57 Å². The number of carbonyl (C=O) groups excluding carboxylic acids is 1. The fraction of sp³-hybridized carbons (Fsp3) is 0.0526. The molecule has 2 heterocycles. The lowest BCUT2D eigenvalue weighted by Gasteiger charge is -2.03. The number of nitrogens with zero attached hydrogens (tertiary/aromatic N) is 3. The molecule has 0 aliphatic heterocycles. The zero-order valence-corrected chi connectivity index (χ0v) is 13.7. The molecule has 0 saturated carbocycles. The van der Waals surface area contributed by atoms with Gasteiger partial charge in [-0.1, -0.05) is 49.1 Å². The number of hydrogen-bond donors (Lipinski definition) is 2. The van der Waals surface area contributed by atoms with Crippen molar-refractivity contribution in [1.29, 1.82) is 0 Å². The molecule has 124 valence electrons. The molecule has 6 heteroatoms. The maximum Gasteiger partial charge on any atom is 0.256 e. The zero-order chi connectivity index (χ0) is 17.6. The van der Waals surface area contributed by atoms with Crippen molar-refractivity contribution in [3.05, 3.63) is 78.8 Å². The lowest BCUT2D eigenvalue weighted by Crippen LogP contribution is -2.12. The lowest BCUT2D eigenvalue weighted by atomic mass is 10.2. The van der Waals surface area contributed by atoms with Crippen LogP contribution in [-0.2, 0) is 0 Å². The van der Waals surface area contributed by atoms with Gasteiger partial charge in [-0.05, 0) is 24.6 Å². The minimum absolute atomic E-state index is 0.240. The van der Waals surface area contributed by atoms with E-state index in [1.165, 1.54) is 0 Å². The van der Waals surface area contributed by atoms with Gasteiger partial charge >= 0.3 is 0 Å². The molecule has 0 aliphatic rings. The molecule has 1 amide bonds. The highest BCUT2D eigenvalue weighted by atomic mass is 16.1. The second-order valence-corrected chi connectivity index (χ2v) is 5.32. The number of carbonyl (C=O) groups is 1. The Kier molecular flexibility index (Phi) is 4.80. The van der Waals surface area contributed by atoms with Gasteiger partial charge in [0.2, 0.25) is 0 Å². The number of H-pyrrole nitrogens is 1. The molecule has 0 bridgehead atoms. The van der Waals surface area contributed by atoms with Crippen LogP contribution in [0.5, 0.6) is 0 Å². The zero-order valence-electron chi connectivity index (χ0n) is 13.7. The summed E-state index contributed by atoms with van der Waals surface area (Å²) < 4.78 is 0. The highest BCUT2D eigenvalue weighted by Gasteiger charge is 2.13. The maximum atomic E-state index is 12.3. The minimum Gasteiger partial charge on any atom is -0.303 e. The predicted octanol–water partition coefficient (Wildman–Crippen LogP) is 3.75. The lowest BCUT2D eigenvalue weighted by molar-refractivity contribution is 0.102. The number of rotatable bonds is 5. The maximum absolute atomic E-state index is 12.3. The summed E-state index contributed by atoms with van der Waals surface area (Å²) in [5, 5.41) is 9.74. The van der Waals surface area contributed by atoms with E-state index in [1.54, 1.807) is 24.4 Å². The summed E-state index contributed by atoms with van der Waals surface area (Å²) in [6, 6.07) is 8.95. The van der Waals surface area contributed by atoms with E-state index in [-0.39, 0.29) is 5.91 Å². The van der Waals surface area contributed by atoms with Crippen molar-refractivity contribution in [3.8, 4) is 0 Å². The van der Waals surface area contributed by atoms with E-state index in [9.17, 15) is 4.79 Å². The van der Waals surface area contributed by atoms with Crippen molar-refractivity contribution >= 4 is 28.3 Å². The molecule has 3 rings (SSSR count). The second-order valence-electron chi connectivity index (χ2n) is 5.32. The SMILES string of the molecule is C=C/C=C\C=C(/C)c1ncc2[nH]nc(NC(=O)c3ccccc3)c2n1. The smallest absolute Gasteiger partial charge is 0.256 e. The van der Waals surface area contributed by atoms with Gasteiger partial charge in [0.15, 0.2) is 11.6 Å². The molecule has 0 unspecified atom stereocenters. The third-order valence-corrected chi connectivity index (χ3v) is 3.52. The van der Waals surface area contributed by atoms with Crippen LogP contribution in [0, 0.1) is 0 Å². The number of amides is 1. The molecule has 0 fully saturated rings. The van der Waals surface area contributed by atoms with Gasteiger partial charge in [-0.3, -0.25) is 9.89 Å². The molecule has 3 aromatic rings. The van der Waals surface area contributed by atoms with Crippen LogP contribution in [0.2, 0.25) is 0 Å². The van der Waals surface area contributed by atoms with Crippen molar-refractivity contribution in [2.24, 2.45) is 0 Å². The molecule has 0 spiro atoms. The topological polar surface area (TPSA) is 83.6 Å². The van der Waals surface area contributed by atoms with Crippen LogP contribution >= 0.6 is 0 Å². The molecular weight excluding hydrogens is 314 g/mol. The molecule has 6 nitrogen and oxygen atoms in total. The third-order valence-electron chi connectivity index (χ3n) is 3.52. The van der Waals surface area contributed by atoms with Crippen LogP contribution in [0.4, 0.5) is 5.82 Å². The summed E-state index contributed by atoms with van der Waals surface area (Å²) in [6.07, 6.45) is 8.93. The van der Waals surface area contributed by atoms with Crippen molar-refractivity contribution in [2.45, 2.75) is 6.92 Å². The van der Waals surface area contributed by atoms with Gasteiger partial charge in [-0.15, -0.1) is 0 Å². The number of anilines is 1. The first-order valence-electron chi connectivity index (χ1n) is 7.73. The van der Waals surface area contributed by atoms with Crippen molar-refractivity contribution in [3.63, 3.8) is 0 Å². The average molecular weight is 331 g/mol. The van der Waals surface area contributed by atoms with E-state index < -0.39 is 0 Å². The Morgan fingerprint density at radius 2 is 2.04 bits per heavy atom. The van der Waals surface area contributed by atoms with E-state index in [1.807, 2.05) is 43.4 Å². The molecule has 1 aromatic carbocycles. The van der Waals surface area contributed by atoms with E-state index in [0.29, 0.717) is 28.2 Å². The molecule has 0 aliphatic carbocycles. The first-order valence-corrected chi connectivity index (χ1v) is 7.73. The van der Waals surface area contributed by atoms with E-state index in [2.05, 4.69) is 32.1 Å². The van der Waals surface area contributed by atoms with E-state index in [4.69, 9.17) is 0 Å². The van der Waals surface area contributed by atoms with Gasteiger partial charge in [0.1, 0.15) is 11.0 Å². The van der Waals surface area contributed by atoms with Crippen LogP contribution in [-0.4, -0.2) is 26.1 Å². The Morgan fingerprint density at radius 3 is 2.80 bits per heavy atom. The first kappa shape index (κ1) is 16.3. The fourth-order valence-corrected chi connectivity index (χ4v) is 2.21. The van der Waals surface area contributed by atoms with Gasteiger partial charge < -0.3 is 5.32 Å². The summed E-state index contributed by atoms with van der Waals surface area (Å²) in [5.74, 6) is 0.704. The average Bonchev–Trinajstić information content (AvgIpc) is 3.04. The number of aromatic amines is 1. The normalized spacial score (nSPS) is 11.8. The number of fused-ring (bicyclic) bond motifs is 1. The summed E-state index contributed by atoms with van der Waals surface area (Å²) in [4.78, 5) is 21.1. The Bertz CT molecular complexity index is 970. The van der Waals surface area contributed by atoms with Gasteiger partial charge in [-0.2, -0.15) is 5.10 Å². The van der Waals surface area contributed by atoms with Crippen molar-refractivity contribution < 1.29 is 4.79 Å². The highest BCUT2D eigenvalue weighted by Crippen LogP contribution is 2.20. The predicted molar refractivity (Wildman–Crippen MR) is 99.1 cm³/mol. The van der Waals surface area contributed by atoms with Gasteiger partial charge in [0.25, 0.3) is 5.91 Å². The van der Waals surface area contributed by atoms with Crippen LogP contribution in [0.15, 0.2) is 67.4 Å². The fourth-order valence-electron chi connectivity index (χ4n) is 2.21. The molecule has 0 atom stereocenters. The van der Waals surface area contributed by atoms with Crippen molar-refractivity contribution in [2.75, 3.05) is 5.32 Å². The highest BCUT2D eigenvalue weighted by molar-refractivity contribution is 6.07. The number of allylic oxidation sites excluding steroid dienone is 5. The van der Waals surface area contributed by atoms with Gasteiger partial charge in [0.05, 0.1) is 6.20 Å². The quantitative estimate of drug-likeness (QED) is 0.697.